The normalized spacial score (nSPS) is 13.5. The van der Waals surface area contributed by atoms with Crippen LogP contribution in [0, 0.1) is 5.82 Å². The number of hydrogen-bond donors (Lipinski definition) is 1. The van der Waals surface area contributed by atoms with Crippen LogP contribution in [0.1, 0.15) is 24.7 Å². The van der Waals surface area contributed by atoms with Gasteiger partial charge in [-0.15, -0.1) is 12.4 Å². The molecule has 1 fully saturated rings. The quantitative estimate of drug-likeness (QED) is 0.446. The van der Waals surface area contributed by atoms with Crippen LogP contribution in [0.15, 0.2) is 59.5 Å². The molecular formula is C21H16ClFN6O. The van der Waals surface area contributed by atoms with Crippen LogP contribution in [-0.2, 0) is 0 Å². The molecule has 0 bridgehead atoms. The summed E-state index contributed by atoms with van der Waals surface area (Å²) in [4.78, 5) is 8.99. The third-order valence-corrected chi connectivity index (χ3v) is 5.17. The van der Waals surface area contributed by atoms with Crippen molar-refractivity contribution in [3.8, 4) is 33.9 Å². The lowest BCUT2D eigenvalue weighted by molar-refractivity contribution is 0.380. The molecule has 4 aromatic heterocycles. The van der Waals surface area contributed by atoms with Crippen molar-refractivity contribution in [1.82, 2.24) is 29.7 Å². The first-order chi connectivity index (χ1) is 14.3. The molecule has 0 aliphatic heterocycles. The molecule has 150 valence electrons. The van der Waals surface area contributed by atoms with Crippen molar-refractivity contribution >= 4 is 18.1 Å². The molecule has 0 radical (unpaired) electrons. The molecule has 1 saturated carbocycles. The van der Waals surface area contributed by atoms with Gasteiger partial charge in [-0.1, -0.05) is 5.16 Å². The zero-order chi connectivity index (χ0) is 19.4. The first-order valence-corrected chi connectivity index (χ1v) is 9.37. The summed E-state index contributed by atoms with van der Waals surface area (Å²) in [6.07, 6.45) is 7.76. The van der Waals surface area contributed by atoms with Crippen LogP contribution in [0.25, 0.3) is 39.5 Å². The zero-order valence-corrected chi connectivity index (χ0v) is 16.4. The molecule has 0 amide bonds. The van der Waals surface area contributed by atoms with Gasteiger partial charge in [0, 0.05) is 35.0 Å². The lowest BCUT2D eigenvalue weighted by atomic mass is 10.0. The molecule has 0 spiro atoms. The Balaban J connectivity index is 0.00000193. The van der Waals surface area contributed by atoms with E-state index < -0.39 is 0 Å². The molecule has 0 saturated heterocycles. The van der Waals surface area contributed by atoms with Gasteiger partial charge in [0.2, 0.25) is 11.7 Å². The van der Waals surface area contributed by atoms with Crippen LogP contribution >= 0.6 is 12.4 Å². The second-order valence-electron chi connectivity index (χ2n) is 7.17. The topological polar surface area (TPSA) is 84.9 Å². The monoisotopic (exact) mass is 422 g/mol. The predicted octanol–water partition coefficient (Wildman–Crippen LogP) is 4.88. The number of imidazole rings is 1. The van der Waals surface area contributed by atoms with Crippen LogP contribution in [0.3, 0.4) is 0 Å². The first kappa shape index (κ1) is 18.5. The fraction of sp³-hybridized carbons (Fsp3) is 0.143. The van der Waals surface area contributed by atoms with Crippen molar-refractivity contribution in [3.05, 3.63) is 66.7 Å². The van der Waals surface area contributed by atoms with Crippen molar-refractivity contribution in [3.63, 3.8) is 0 Å². The lowest BCUT2D eigenvalue weighted by Crippen LogP contribution is -1.92. The van der Waals surface area contributed by atoms with E-state index in [1.54, 1.807) is 18.3 Å². The Morgan fingerprint density at radius 1 is 1.07 bits per heavy atom. The molecule has 5 aromatic rings. The SMILES string of the molecule is Cl.Fc1ccc(-c2n[nH]cc2-c2ccc3ncc(-c4noc(C5CC5)n4)n3c2)cc1. The fourth-order valence-electron chi connectivity index (χ4n) is 3.48. The molecular weight excluding hydrogens is 407 g/mol. The average Bonchev–Trinajstić information content (AvgIpc) is 3.15. The largest absolute Gasteiger partial charge is 0.339 e. The maximum atomic E-state index is 13.3. The average molecular weight is 423 g/mol. The van der Waals surface area contributed by atoms with E-state index in [9.17, 15) is 4.39 Å². The van der Waals surface area contributed by atoms with Gasteiger partial charge in [0.25, 0.3) is 0 Å². The van der Waals surface area contributed by atoms with Crippen LogP contribution in [0.5, 0.6) is 0 Å². The van der Waals surface area contributed by atoms with Crippen molar-refractivity contribution in [2.75, 3.05) is 0 Å². The number of halogens is 2. The summed E-state index contributed by atoms with van der Waals surface area (Å²) in [5.41, 5.74) is 4.99. The summed E-state index contributed by atoms with van der Waals surface area (Å²) in [5.74, 6) is 1.35. The van der Waals surface area contributed by atoms with E-state index in [0.29, 0.717) is 17.6 Å². The number of fused-ring (bicyclic) bond motifs is 1. The molecule has 30 heavy (non-hydrogen) atoms. The number of H-pyrrole nitrogens is 1. The smallest absolute Gasteiger partial charge is 0.230 e. The highest BCUT2D eigenvalue weighted by molar-refractivity contribution is 5.85. The van der Waals surface area contributed by atoms with E-state index in [4.69, 9.17) is 4.52 Å². The number of hydrogen-bond acceptors (Lipinski definition) is 5. The molecule has 7 nitrogen and oxygen atoms in total. The molecule has 1 aliphatic rings. The van der Waals surface area contributed by atoms with Gasteiger partial charge in [-0.3, -0.25) is 9.50 Å². The maximum Gasteiger partial charge on any atom is 0.230 e. The summed E-state index contributed by atoms with van der Waals surface area (Å²) in [7, 11) is 0. The minimum absolute atomic E-state index is 0. The van der Waals surface area contributed by atoms with E-state index in [0.717, 1.165) is 46.6 Å². The standard InChI is InChI=1S/C21H15FN6O.ClH/c22-15-6-3-12(4-7-15)19-16(9-24-26-19)14-5-8-18-23-10-17(28(18)11-14)20-25-21(29-27-20)13-1-2-13;/h3-11,13H,1-2H2,(H,24,26);1H. The fourth-order valence-corrected chi connectivity index (χ4v) is 3.48. The summed E-state index contributed by atoms with van der Waals surface area (Å²) in [5, 5.41) is 11.4. The summed E-state index contributed by atoms with van der Waals surface area (Å²) in [6.45, 7) is 0. The lowest BCUT2D eigenvalue weighted by Gasteiger charge is -2.05. The second-order valence-corrected chi connectivity index (χ2v) is 7.17. The Morgan fingerprint density at radius 2 is 1.87 bits per heavy atom. The van der Waals surface area contributed by atoms with Crippen molar-refractivity contribution in [2.24, 2.45) is 0 Å². The molecule has 4 heterocycles. The van der Waals surface area contributed by atoms with Crippen LogP contribution in [0.2, 0.25) is 0 Å². The van der Waals surface area contributed by atoms with Gasteiger partial charge in [0.05, 0.1) is 11.9 Å². The summed E-state index contributed by atoms with van der Waals surface area (Å²) in [6, 6.07) is 10.2. The summed E-state index contributed by atoms with van der Waals surface area (Å²) < 4.78 is 20.6. The van der Waals surface area contributed by atoms with Crippen LogP contribution in [0.4, 0.5) is 4.39 Å². The Hall–Kier alpha value is -3.52. The third kappa shape index (κ3) is 3.05. The highest BCUT2D eigenvalue weighted by Gasteiger charge is 2.30. The number of aromatic amines is 1. The first-order valence-electron chi connectivity index (χ1n) is 9.37. The van der Waals surface area contributed by atoms with Gasteiger partial charge in [-0.25, -0.2) is 9.37 Å². The van der Waals surface area contributed by atoms with Crippen molar-refractivity contribution < 1.29 is 8.91 Å². The van der Waals surface area contributed by atoms with E-state index >= 15 is 0 Å². The highest BCUT2D eigenvalue weighted by Crippen LogP contribution is 2.39. The van der Waals surface area contributed by atoms with Gasteiger partial charge in [-0.05, 0) is 49.2 Å². The Kier molecular flexibility index (Phi) is 4.36. The van der Waals surface area contributed by atoms with Gasteiger partial charge in [0.15, 0.2) is 0 Å². The number of rotatable bonds is 4. The van der Waals surface area contributed by atoms with Crippen molar-refractivity contribution in [2.45, 2.75) is 18.8 Å². The number of pyridine rings is 1. The van der Waals surface area contributed by atoms with E-state index in [1.165, 1.54) is 12.1 Å². The molecule has 6 rings (SSSR count). The Morgan fingerprint density at radius 3 is 2.67 bits per heavy atom. The molecule has 9 heteroatoms. The van der Waals surface area contributed by atoms with Gasteiger partial charge < -0.3 is 4.52 Å². The second kappa shape index (κ2) is 7.07. The minimum atomic E-state index is -0.277. The van der Waals surface area contributed by atoms with E-state index in [1.807, 2.05) is 28.9 Å². The Labute approximate surface area is 176 Å². The van der Waals surface area contributed by atoms with E-state index in [-0.39, 0.29) is 18.2 Å². The van der Waals surface area contributed by atoms with Gasteiger partial charge in [0.1, 0.15) is 17.2 Å². The molecule has 1 N–H and O–H groups in total. The third-order valence-electron chi connectivity index (χ3n) is 5.17. The number of aromatic nitrogens is 6. The minimum Gasteiger partial charge on any atom is -0.339 e. The number of nitrogens with zero attached hydrogens (tertiary/aromatic N) is 5. The predicted molar refractivity (Wildman–Crippen MR) is 111 cm³/mol. The van der Waals surface area contributed by atoms with Crippen LogP contribution in [-0.4, -0.2) is 29.7 Å². The summed E-state index contributed by atoms with van der Waals surface area (Å²) >= 11 is 0. The number of benzene rings is 1. The van der Waals surface area contributed by atoms with Crippen LogP contribution < -0.4 is 0 Å². The number of nitrogens with one attached hydrogen (secondary N) is 1. The zero-order valence-electron chi connectivity index (χ0n) is 15.6. The maximum absolute atomic E-state index is 13.3. The van der Waals surface area contributed by atoms with Crippen molar-refractivity contribution in [1.29, 1.82) is 0 Å². The molecule has 1 aliphatic carbocycles. The Bertz CT molecular complexity index is 1340. The highest BCUT2D eigenvalue weighted by atomic mass is 35.5. The molecule has 0 atom stereocenters. The van der Waals surface area contributed by atoms with Gasteiger partial charge >= 0.3 is 0 Å². The van der Waals surface area contributed by atoms with E-state index in [2.05, 4.69) is 25.3 Å². The van der Waals surface area contributed by atoms with Gasteiger partial charge in [-0.2, -0.15) is 10.1 Å². The molecule has 1 aromatic carbocycles. The molecule has 0 unspecified atom stereocenters.